The number of benzene rings is 1. The second-order valence-electron chi connectivity index (χ2n) is 2.93. The molecule has 15 heavy (non-hydrogen) atoms. The molecule has 2 aromatic rings. The van der Waals surface area contributed by atoms with Crippen LogP contribution >= 0.6 is 27.5 Å². The van der Waals surface area contributed by atoms with Gasteiger partial charge in [-0.2, -0.15) is 0 Å². The number of pyridine rings is 1. The molecule has 0 bridgehead atoms. The van der Waals surface area contributed by atoms with Gasteiger partial charge in [-0.1, -0.05) is 27.5 Å². The van der Waals surface area contributed by atoms with Crippen LogP contribution < -0.4 is 5.14 Å². The van der Waals surface area contributed by atoms with E-state index in [0.717, 1.165) is 15.2 Å². The molecule has 0 spiro atoms. The fraction of sp³-hybridized carbons (Fsp3) is 0. The lowest BCUT2D eigenvalue weighted by atomic mass is 10.2. The second kappa shape index (κ2) is 4.27. The molecule has 3 nitrogen and oxygen atoms in total. The van der Waals surface area contributed by atoms with Gasteiger partial charge >= 0.3 is 0 Å². The summed E-state index contributed by atoms with van der Waals surface area (Å²) in [7, 11) is 0. The maximum atomic E-state index is 11.3. The topological polar surface area (TPSA) is 62.0 Å². The van der Waals surface area contributed by atoms with Crippen molar-refractivity contribution in [3.8, 4) is 0 Å². The molecule has 1 aromatic heterocycles. The molecule has 1 atom stereocenters. The molecule has 1 aromatic carbocycles. The zero-order valence-corrected chi connectivity index (χ0v) is 10.6. The first kappa shape index (κ1) is 11.2. The van der Waals surface area contributed by atoms with Gasteiger partial charge in [-0.05, 0) is 12.1 Å². The van der Waals surface area contributed by atoms with Gasteiger partial charge in [0.2, 0.25) is 0 Å². The molecule has 0 fully saturated rings. The quantitative estimate of drug-likeness (QED) is 0.651. The van der Waals surface area contributed by atoms with Crippen molar-refractivity contribution in [2.24, 2.45) is 5.14 Å². The van der Waals surface area contributed by atoms with Gasteiger partial charge in [-0.15, -0.1) is 5.14 Å². The van der Waals surface area contributed by atoms with Crippen LogP contribution in [0.25, 0.3) is 10.8 Å². The molecule has 0 radical (unpaired) electrons. The van der Waals surface area contributed by atoms with E-state index in [0.29, 0.717) is 10.0 Å². The Morgan fingerprint density at radius 2 is 2.13 bits per heavy atom. The Balaban J connectivity index is 2.81. The molecule has 6 heteroatoms. The highest BCUT2D eigenvalue weighted by Gasteiger charge is 2.13. The summed E-state index contributed by atoms with van der Waals surface area (Å²) in [5, 5.41) is 7.36. The number of fused-ring (bicyclic) bond motifs is 1. The van der Waals surface area contributed by atoms with Crippen molar-refractivity contribution in [1.82, 2.24) is 4.98 Å². The zero-order valence-electron chi connectivity index (χ0n) is 7.41. The van der Waals surface area contributed by atoms with Crippen molar-refractivity contribution < 1.29 is 4.55 Å². The number of aromatic nitrogens is 1. The van der Waals surface area contributed by atoms with Gasteiger partial charge in [-0.3, -0.25) is 0 Å². The fourth-order valence-corrected chi connectivity index (χ4v) is 2.75. The second-order valence-corrected chi connectivity index (χ2v) is 5.27. The normalized spacial score (nSPS) is 13.1. The first-order valence-corrected chi connectivity index (χ1v) is 6.37. The predicted molar refractivity (Wildman–Crippen MR) is 65.0 cm³/mol. The summed E-state index contributed by atoms with van der Waals surface area (Å²) >= 11 is 7.55. The summed E-state index contributed by atoms with van der Waals surface area (Å²) in [6.07, 6.45) is 1.62. The van der Waals surface area contributed by atoms with E-state index >= 15 is 0 Å². The van der Waals surface area contributed by atoms with Crippen LogP contribution in [0.15, 0.2) is 33.8 Å². The van der Waals surface area contributed by atoms with Crippen LogP contribution in [0.4, 0.5) is 0 Å². The van der Waals surface area contributed by atoms with Gasteiger partial charge in [-0.25, -0.2) is 4.98 Å². The molecule has 2 N–H and O–H groups in total. The smallest absolute Gasteiger partial charge is 0.182 e. The van der Waals surface area contributed by atoms with Crippen LogP contribution in [0.5, 0.6) is 0 Å². The predicted octanol–water partition coefficient (Wildman–Crippen LogP) is 2.63. The third-order valence-corrected chi connectivity index (χ3v) is 3.38. The van der Waals surface area contributed by atoms with Crippen LogP contribution in [0.1, 0.15) is 0 Å². The van der Waals surface area contributed by atoms with Gasteiger partial charge in [0.25, 0.3) is 0 Å². The molecule has 0 aliphatic rings. The Bertz CT molecular complexity index is 521. The Labute approximate surface area is 103 Å². The van der Waals surface area contributed by atoms with Crippen LogP contribution in [0, 0.1) is 0 Å². The van der Waals surface area contributed by atoms with Crippen molar-refractivity contribution in [3.63, 3.8) is 0 Å². The lowest BCUT2D eigenvalue weighted by Crippen LogP contribution is -2.12. The Hall–Kier alpha value is -0.330. The van der Waals surface area contributed by atoms with Crippen LogP contribution in [-0.4, -0.2) is 9.54 Å². The van der Waals surface area contributed by atoms with Crippen LogP contribution in [-0.2, 0) is 11.4 Å². The average molecular weight is 306 g/mol. The minimum Gasteiger partial charge on any atom is -0.593 e. The van der Waals surface area contributed by atoms with E-state index in [1.165, 1.54) is 0 Å². The molecule has 78 valence electrons. The largest absolute Gasteiger partial charge is 0.593 e. The summed E-state index contributed by atoms with van der Waals surface area (Å²) in [6.45, 7) is 0. The summed E-state index contributed by atoms with van der Waals surface area (Å²) in [5.41, 5.74) is 0. The average Bonchev–Trinajstić information content (AvgIpc) is 2.17. The first-order chi connectivity index (χ1) is 7.08. The molecule has 0 aliphatic carbocycles. The van der Waals surface area contributed by atoms with Gasteiger partial charge in [0.05, 0.1) is 11.4 Å². The zero-order chi connectivity index (χ0) is 11.0. The fourth-order valence-electron chi connectivity index (χ4n) is 1.33. The van der Waals surface area contributed by atoms with Crippen LogP contribution in [0.3, 0.4) is 0 Å². The van der Waals surface area contributed by atoms with Crippen molar-refractivity contribution >= 4 is 49.7 Å². The third-order valence-electron chi connectivity index (χ3n) is 1.95. The van der Waals surface area contributed by atoms with Crippen molar-refractivity contribution in [2.45, 2.75) is 4.90 Å². The lowest BCUT2D eigenvalue weighted by molar-refractivity contribution is 0.597. The Morgan fingerprint density at radius 3 is 2.80 bits per heavy atom. The molecule has 0 amide bonds. The van der Waals surface area contributed by atoms with E-state index in [4.69, 9.17) is 16.7 Å². The number of nitrogens with zero attached hydrogens (tertiary/aromatic N) is 1. The van der Waals surface area contributed by atoms with Gasteiger partial charge < -0.3 is 4.55 Å². The lowest BCUT2D eigenvalue weighted by Gasteiger charge is -2.07. The maximum absolute atomic E-state index is 11.3. The number of halogens is 2. The molecule has 0 saturated heterocycles. The number of rotatable bonds is 1. The molecule has 2 rings (SSSR count). The van der Waals surface area contributed by atoms with E-state index in [-0.39, 0.29) is 0 Å². The highest BCUT2D eigenvalue weighted by molar-refractivity contribution is 9.10. The van der Waals surface area contributed by atoms with E-state index < -0.39 is 11.4 Å². The first-order valence-electron chi connectivity index (χ1n) is 3.99. The molecule has 1 unspecified atom stereocenters. The highest BCUT2D eigenvalue weighted by atomic mass is 79.9. The van der Waals surface area contributed by atoms with Gasteiger partial charge in [0.15, 0.2) is 4.90 Å². The SMILES string of the molecule is N[S+]([O-])c1cc(Br)cc2cnc(Cl)cc12. The Morgan fingerprint density at radius 1 is 1.40 bits per heavy atom. The van der Waals surface area contributed by atoms with Gasteiger partial charge in [0, 0.05) is 27.5 Å². The summed E-state index contributed by atoms with van der Waals surface area (Å²) in [4.78, 5) is 4.50. The summed E-state index contributed by atoms with van der Waals surface area (Å²) < 4.78 is 12.1. The Kier molecular flexibility index (Phi) is 3.18. The van der Waals surface area contributed by atoms with Crippen LogP contribution in [0.2, 0.25) is 5.15 Å². The van der Waals surface area contributed by atoms with Crippen molar-refractivity contribution in [3.05, 3.63) is 34.0 Å². The van der Waals surface area contributed by atoms with E-state index in [9.17, 15) is 4.55 Å². The van der Waals surface area contributed by atoms with E-state index in [2.05, 4.69) is 20.9 Å². The monoisotopic (exact) mass is 304 g/mol. The third kappa shape index (κ3) is 2.26. The molecule has 1 heterocycles. The molecular formula is C9H6BrClN2OS. The van der Waals surface area contributed by atoms with E-state index in [1.54, 1.807) is 18.3 Å². The molecule has 0 aliphatic heterocycles. The molecular weight excluding hydrogens is 300 g/mol. The molecule has 0 saturated carbocycles. The van der Waals surface area contributed by atoms with E-state index in [1.807, 2.05) is 6.07 Å². The van der Waals surface area contributed by atoms with Crippen molar-refractivity contribution in [1.29, 1.82) is 0 Å². The minimum absolute atomic E-state index is 0.358. The summed E-state index contributed by atoms with van der Waals surface area (Å²) in [6, 6.07) is 5.24. The highest BCUT2D eigenvalue weighted by Crippen LogP contribution is 2.27. The number of hydrogen-bond acceptors (Lipinski definition) is 3. The maximum Gasteiger partial charge on any atom is 0.182 e. The summed E-state index contributed by atoms with van der Waals surface area (Å²) in [5.74, 6) is 0. The number of hydrogen-bond donors (Lipinski definition) is 1. The van der Waals surface area contributed by atoms with Gasteiger partial charge in [0.1, 0.15) is 5.15 Å². The standard InChI is InChI=1S/C9H6BrClN2OS/c10-6-1-5-4-13-9(11)3-7(5)8(2-6)15(12)14/h1-4H,12H2. The number of nitrogens with two attached hydrogens (primary N) is 1. The van der Waals surface area contributed by atoms with Crippen molar-refractivity contribution in [2.75, 3.05) is 0 Å². The minimum atomic E-state index is -1.54.